The number of carbonyl (C=O) groups is 2. The van der Waals surface area contributed by atoms with Gasteiger partial charge < -0.3 is 19.5 Å². The van der Waals surface area contributed by atoms with Gasteiger partial charge in [0, 0.05) is 19.2 Å². The molecule has 1 aliphatic heterocycles. The summed E-state index contributed by atoms with van der Waals surface area (Å²) in [5.41, 5.74) is 1.65. The minimum absolute atomic E-state index is 0.177. The highest BCUT2D eigenvalue weighted by Gasteiger charge is 2.31. The van der Waals surface area contributed by atoms with Crippen LogP contribution in [0.1, 0.15) is 18.1 Å². The number of hydrogen-bond acceptors (Lipinski definition) is 7. The van der Waals surface area contributed by atoms with Gasteiger partial charge >= 0.3 is 0 Å². The lowest BCUT2D eigenvalue weighted by Crippen LogP contribution is -2.36. The molecule has 0 saturated carbocycles. The van der Waals surface area contributed by atoms with E-state index in [1.807, 2.05) is 37.3 Å². The zero-order chi connectivity index (χ0) is 24.5. The van der Waals surface area contributed by atoms with Crippen molar-refractivity contribution in [1.29, 1.82) is 0 Å². The molecule has 0 bridgehead atoms. The van der Waals surface area contributed by atoms with Crippen molar-refractivity contribution in [3.8, 4) is 17.2 Å². The molecule has 1 fully saturated rings. The van der Waals surface area contributed by atoms with Crippen LogP contribution in [0.3, 0.4) is 0 Å². The number of nitrogens with one attached hydrogen (secondary N) is 1. The molecule has 34 heavy (non-hydrogen) atoms. The molecule has 2 amide bonds. The van der Waals surface area contributed by atoms with Crippen LogP contribution in [0.5, 0.6) is 17.2 Å². The predicted molar refractivity (Wildman–Crippen MR) is 139 cm³/mol. The molecule has 178 valence electrons. The van der Waals surface area contributed by atoms with Gasteiger partial charge in [-0.15, -0.1) is 0 Å². The first-order valence-corrected chi connectivity index (χ1v) is 11.8. The van der Waals surface area contributed by atoms with Gasteiger partial charge in [-0.1, -0.05) is 42.2 Å². The fourth-order valence-corrected chi connectivity index (χ4v) is 4.47. The second-order valence-electron chi connectivity index (χ2n) is 7.08. The fourth-order valence-electron chi connectivity index (χ4n) is 3.16. The lowest BCUT2D eigenvalue weighted by Gasteiger charge is -2.14. The summed E-state index contributed by atoms with van der Waals surface area (Å²) in [7, 11) is 3.16. The summed E-state index contributed by atoms with van der Waals surface area (Å²) in [6.07, 6.45) is 4.90. The number of amides is 2. The summed E-state index contributed by atoms with van der Waals surface area (Å²) in [5.74, 6) is 1.51. The largest absolute Gasteiger partial charge is 0.497 e. The van der Waals surface area contributed by atoms with Crippen molar-refractivity contribution >= 4 is 52.3 Å². The van der Waals surface area contributed by atoms with Gasteiger partial charge in [0.25, 0.3) is 5.91 Å². The Morgan fingerprint density at radius 2 is 1.94 bits per heavy atom. The van der Waals surface area contributed by atoms with Crippen molar-refractivity contribution in [2.75, 3.05) is 33.9 Å². The Hall–Kier alpha value is -3.30. The number of benzene rings is 2. The van der Waals surface area contributed by atoms with Crippen LogP contribution in [0.4, 0.5) is 0 Å². The molecule has 0 aliphatic carbocycles. The quantitative estimate of drug-likeness (QED) is 0.390. The van der Waals surface area contributed by atoms with E-state index in [9.17, 15) is 9.59 Å². The topological polar surface area (TPSA) is 77.1 Å². The third kappa shape index (κ3) is 6.61. The van der Waals surface area contributed by atoms with Gasteiger partial charge in [0.15, 0.2) is 11.5 Å². The van der Waals surface area contributed by atoms with E-state index in [1.54, 1.807) is 38.5 Å². The maximum Gasteiger partial charge on any atom is 0.266 e. The second-order valence-corrected chi connectivity index (χ2v) is 8.75. The van der Waals surface area contributed by atoms with Crippen molar-refractivity contribution in [3.63, 3.8) is 0 Å². The molecule has 1 aliphatic rings. The zero-order valence-corrected chi connectivity index (χ0v) is 20.8. The standard InChI is InChI=1S/C25H26N2O5S2/c1-4-32-20-10-8-17(15-21(20)31-3)9-11-23(28)26-12-13-27-24(29)22(34-25(27)33)16-18-6-5-7-19(14-18)30-2/h5-11,14-16H,4,12-13H2,1-3H3,(H,26,28)/b11-9+,22-16+. The Bertz CT molecular complexity index is 1130. The summed E-state index contributed by atoms with van der Waals surface area (Å²) < 4.78 is 16.5. The minimum Gasteiger partial charge on any atom is -0.497 e. The molecule has 7 nitrogen and oxygen atoms in total. The number of nitrogens with zero attached hydrogens (tertiary/aromatic N) is 1. The molecule has 2 aromatic rings. The van der Waals surface area contributed by atoms with Crippen LogP contribution >= 0.6 is 24.0 Å². The normalized spacial score (nSPS) is 14.7. The van der Waals surface area contributed by atoms with Gasteiger partial charge in [0.05, 0.1) is 25.7 Å². The monoisotopic (exact) mass is 498 g/mol. The maximum atomic E-state index is 12.8. The lowest BCUT2D eigenvalue weighted by atomic mass is 10.2. The molecule has 0 spiro atoms. The van der Waals surface area contributed by atoms with E-state index in [0.717, 1.165) is 11.1 Å². The smallest absolute Gasteiger partial charge is 0.266 e. The highest BCUT2D eigenvalue weighted by molar-refractivity contribution is 8.26. The average molecular weight is 499 g/mol. The number of ether oxygens (including phenoxy) is 3. The molecule has 0 aromatic heterocycles. The fraction of sp³-hybridized carbons (Fsp3) is 0.240. The van der Waals surface area contributed by atoms with E-state index >= 15 is 0 Å². The maximum absolute atomic E-state index is 12.8. The van der Waals surface area contributed by atoms with Crippen LogP contribution in [0.15, 0.2) is 53.4 Å². The molecule has 2 aromatic carbocycles. The summed E-state index contributed by atoms with van der Waals surface area (Å²) >= 11 is 6.60. The van der Waals surface area contributed by atoms with Gasteiger partial charge in [-0.3, -0.25) is 14.5 Å². The summed E-state index contributed by atoms with van der Waals surface area (Å²) in [5, 5.41) is 2.78. The van der Waals surface area contributed by atoms with E-state index in [4.69, 9.17) is 26.4 Å². The summed E-state index contributed by atoms with van der Waals surface area (Å²) in [6.45, 7) is 3.00. The van der Waals surface area contributed by atoms with Gasteiger partial charge in [0.1, 0.15) is 10.1 Å². The number of methoxy groups -OCH3 is 2. The minimum atomic E-state index is -0.273. The van der Waals surface area contributed by atoms with Crippen molar-refractivity contribution in [2.24, 2.45) is 0 Å². The molecule has 0 atom stereocenters. The van der Waals surface area contributed by atoms with Crippen LogP contribution in [-0.4, -0.2) is 55.0 Å². The Kier molecular flexibility index (Phi) is 9.12. The molecule has 9 heteroatoms. The number of thioether (sulfide) groups is 1. The van der Waals surface area contributed by atoms with Crippen molar-refractivity contribution in [2.45, 2.75) is 6.92 Å². The van der Waals surface area contributed by atoms with Crippen LogP contribution in [0.2, 0.25) is 0 Å². The molecular formula is C25H26N2O5S2. The molecule has 1 heterocycles. The third-order valence-electron chi connectivity index (χ3n) is 4.81. The first-order chi connectivity index (χ1) is 16.4. The Morgan fingerprint density at radius 1 is 1.12 bits per heavy atom. The Labute approximate surface area is 208 Å². The zero-order valence-electron chi connectivity index (χ0n) is 19.2. The highest BCUT2D eigenvalue weighted by Crippen LogP contribution is 2.32. The first-order valence-electron chi connectivity index (χ1n) is 10.6. The number of hydrogen-bond donors (Lipinski definition) is 1. The number of rotatable bonds is 10. The van der Waals surface area contributed by atoms with Gasteiger partial charge in [0.2, 0.25) is 5.91 Å². The van der Waals surface area contributed by atoms with Gasteiger partial charge in [-0.2, -0.15) is 0 Å². The number of thiocarbonyl (C=S) groups is 1. The van der Waals surface area contributed by atoms with Crippen LogP contribution < -0.4 is 19.5 Å². The molecule has 0 radical (unpaired) electrons. The van der Waals surface area contributed by atoms with E-state index in [2.05, 4.69) is 5.32 Å². The summed E-state index contributed by atoms with van der Waals surface area (Å²) in [6, 6.07) is 12.9. The van der Waals surface area contributed by atoms with Crippen molar-refractivity contribution in [3.05, 3.63) is 64.6 Å². The lowest BCUT2D eigenvalue weighted by molar-refractivity contribution is -0.122. The molecular weight excluding hydrogens is 472 g/mol. The second kappa shape index (κ2) is 12.2. The molecule has 1 N–H and O–H groups in total. The predicted octanol–water partition coefficient (Wildman–Crippen LogP) is 4.13. The van der Waals surface area contributed by atoms with E-state index in [0.29, 0.717) is 33.1 Å². The first kappa shape index (κ1) is 25.3. The van der Waals surface area contributed by atoms with Crippen molar-refractivity contribution in [1.82, 2.24) is 10.2 Å². The Balaban J connectivity index is 1.53. The summed E-state index contributed by atoms with van der Waals surface area (Å²) in [4.78, 5) is 27.0. The van der Waals surface area contributed by atoms with Gasteiger partial charge in [-0.25, -0.2) is 0 Å². The Morgan fingerprint density at radius 3 is 2.68 bits per heavy atom. The molecule has 3 rings (SSSR count). The van der Waals surface area contributed by atoms with Gasteiger partial charge in [-0.05, 0) is 54.5 Å². The van der Waals surface area contributed by atoms with E-state index in [1.165, 1.54) is 22.7 Å². The molecule has 0 unspecified atom stereocenters. The van der Waals surface area contributed by atoms with E-state index < -0.39 is 0 Å². The van der Waals surface area contributed by atoms with Crippen molar-refractivity contribution < 1.29 is 23.8 Å². The van der Waals surface area contributed by atoms with Crippen LogP contribution in [0.25, 0.3) is 12.2 Å². The van der Waals surface area contributed by atoms with Crippen LogP contribution in [-0.2, 0) is 9.59 Å². The third-order valence-corrected chi connectivity index (χ3v) is 6.19. The number of carbonyl (C=O) groups excluding carboxylic acids is 2. The molecule has 1 saturated heterocycles. The average Bonchev–Trinajstić information content (AvgIpc) is 3.10. The van der Waals surface area contributed by atoms with Crippen LogP contribution in [0, 0.1) is 0 Å². The SMILES string of the molecule is CCOc1ccc(/C=C/C(=O)NCCN2C(=O)/C(=C\c3cccc(OC)c3)SC2=S)cc1OC. The van der Waals surface area contributed by atoms with E-state index in [-0.39, 0.29) is 24.9 Å². The highest BCUT2D eigenvalue weighted by atomic mass is 32.2.